The van der Waals surface area contributed by atoms with Gasteiger partial charge >= 0.3 is 6.18 Å². The van der Waals surface area contributed by atoms with Gasteiger partial charge in [0.15, 0.2) is 5.96 Å². The molecule has 1 aromatic rings. The highest BCUT2D eigenvalue weighted by Gasteiger charge is 2.33. The monoisotopic (exact) mass is 491 g/mol. The number of rotatable bonds is 4. The van der Waals surface area contributed by atoms with Crippen molar-refractivity contribution in [1.29, 1.82) is 0 Å². The van der Waals surface area contributed by atoms with E-state index in [1.165, 1.54) is 0 Å². The molecule has 2 N–H and O–H groups in total. The minimum atomic E-state index is -4.59. The van der Waals surface area contributed by atoms with Gasteiger partial charge in [0.1, 0.15) is 5.82 Å². The van der Waals surface area contributed by atoms with Crippen molar-refractivity contribution in [1.82, 2.24) is 10.6 Å². The average Bonchev–Trinajstić information content (AvgIpc) is 2.99. The van der Waals surface area contributed by atoms with Crippen LogP contribution in [-0.4, -0.2) is 30.6 Å². The Morgan fingerprint density at radius 3 is 2.60 bits per heavy atom. The Morgan fingerprint density at radius 2 is 2.04 bits per heavy atom. The molecule has 3 nitrogen and oxygen atoms in total. The van der Waals surface area contributed by atoms with Crippen molar-refractivity contribution in [3.63, 3.8) is 0 Å². The van der Waals surface area contributed by atoms with E-state index < -0.39 is 17.6 Å². The van der Waals surface area contributed by atoms with Gasteiger partial charge in [-0.05, 0) is 43.2 Å². The first kappa shape index (κ1) is 22.3. The summed E-state index contributed by atoms with van der Waals surface area (Å²) in [6.45, 7) is -0.0759. The highest BCUT2D eigenvalue weighted by Crippen LogP contribution is 2.32. The van der Waals surface area contributed by atoms with Crippen LogP contribution >= 0.6 is 35.7 Å². The van der Waals surface area contributed by atoms with E-state index in [0.29, 0.717) is 17.3 Å². The number of aliphatic imine (C=N–C) groups is 1. The highest BCUT2D eigenvalue weighted by atomic mass is 127. The number of nitrogens with zero attached hydrogens (tertiary/aromatic N) is 1. The van der Waals surface area contributed by atoms with Gasteiger partial charge in [0, 0.05) is 24.9 Å². The number of thioether (sulfide) groups is 1. The summed E-state index contributed by atoms with van der Waals surface area (Å²) in [6, 6.07) is 2.97. The Kier molecular flexibility index (Phi) is 8.79. The molecule has 0 bridgehead atoms. The molecule has 0 amide bonds. The lowest BCUT2D eigenvalue weighted by Gasteiger charge is -2.19. The first-order chi connectivity index (χ1) is 11.3. The molecule has 25 heavy (non-hydrogen) atoms. The van der Waals surface area contributed by atoms with E-state index in [0.717, 1.165) is 31.4 Å². The molecular formula is C16H22F4IN3S. The third-order valence-corrected chi connectivity index (χ3v) is 5.20. The molecule has 1 fully saturated rings. The van der Waals surface area contributed by atoms with Gasteiger partial charge < -0.3 is 10.6 Å². The van der Waals surface area contributed by atoms with Crippen LogP contribution in [0.5, 0.6) is 0 Å². The molecule has 0 spiro atoms. The Hall–Kier alpha value is -0.710. The van der Waals surface area contributed by atoms with Gasteiger partial charge in [-0.15, -0.1) is 24.0 Å². The van der Waals surface area contributed by atoms with Crippen LogP contribution in [0.15, 0.2) is 23.2 Å². The van der Waals surface area contributed by atoms with Crippen LogP contribution in [0.4, 0.5) is 17.6 Å². The number of hydrogen-bond donors (Lipinski definition) is 2. The zero-order chi connectivity index (χ0) is 17.7. The summed E-state index contributed by atoms with van der Waals surface area (Å²) in [5.41, 5.74) is -0.978. The third kappa shape index (κ3) is 6.50. The lowest BCUT2D eigenvalue weighted by atomic mass is 10.1. The van der Waals surface area contributed by atoms with Crippen LogP contribution in [0.2, 0.25) is 0 Å². The SMILES string of the molecule is CN=C(NCc1ccc(F)cc1C(F)(F)F)NC1CCC(SC)C1.I. The number of halogens is 5. The molecule has 1 aliphatic carbocycles. The first-order valence-corrected chi connectivity index (χ1v) is 8.98. The lowest BCUT2D eigenvalue weighted by molar-refractivity contribution is -0.138. The smallest absolute Gasteiger partial charge is 0.354 e. The van der Waals surface area contributed by atoms with Gasteiger partial charge in [0.25, 0.3) is 0 Å². The molecular weight excluding hydrogens is 469 g/mol. The van der Waals surface area contributed by atoms with Crippen molar-refractivity contribution in [3.05, 3.63) is 35.1 Å². The summed E-state index contributed by atoms with van der Waals surface area (Å²) in [5, 5.41) is 6.73. The van der Waals surface area contributed by atoms with Crippen LogP contribution in [0, 0.1) is 5.82 Å². The average molecular weight is 491 g/mol. The molecule has 2 unspecified atom stereocenters. The molecule has 142 valence electrons. The quantitative estimate of drug-likeness (QED) is 0.284. The van der Waals surface area contributed by atoms with Crippen molar-refractivity contribution >= 4 is 41.7 Å². The first-order valence-electron chi connectivity index (χ1n) is 7.69. The number of nitrogens with one attached hydrogen (secondary N) is 2. The van der Waals surface area contributed by atoms with Gasteiger partial charge in [0.05, 0.1) is 5.56 Å². The van der Waals surface area contributed by atoms with Crippen LogP contribution in [0.25, 0.3) is 0 Å². The van der Waals surface area contributed by atoms with Crippen molar-refractivity contribution in [2.75, 3.05) is 13.3 Å². The summed E-state index contributed by atoms with van der Waals surface area (Å²) in [7, 11) is 1.58. The van der Waals surface area contributed by atoms with Gasteiger partial charge in [0.2, 0.25) is 0 Å². The minimum absolute atomic E-state index is 0. The summed E-state index contributed by atoms with van der Waals surface area (Å²) in [5.74, 6) is -0.443. The largest absolute Gasteiger partial charge is 0.416 e. The maximum Gasteiger partial charge on any atom is 0.416 e. The maximum atomic E-state index is 13.1. The maximum absolute atomic E-state index is 13.1. The molecule has 2 rings (SSSR count). The second-order valence-corrected chi connectivity index (χ2v) is 6.88. The van der Waals surface area contributed by atoms with Gasteiger partial charge in [-0.3, -0.25) is 4.99 Å². The molecule has 0 aliphatic heterocycles. The van der Waals surface area contributed by atoms with Crippen molar-refractivity contribution in [2.24, 2.45) is 4.99 Å². The van der Waals surface area contributed by atoms with Crippen molar-refractivity contribution < 1.29 is 17.6 Å². The van der Waals surface area contributed by atoms with E-state index in [2.05, 4.69) is 21.9 Å². The zero-order valence-corrected chi connectivity index (χ0v) is 17.1. The van der Waals surface area contributed by atoms with Crippen LogP contribution < -0.4 is 10.6 Å². The van der Waals surface area contributed by atoms with Crippen LogP contribution in [-0.2, 0) is 12.7 Å². The molecule has 0 radical (unpaired) electrons. The van der Waals surface area contributed by atoms with Crippen molar-refractivity contribution in [3.8, 4) is 0 Å². The molecule has 1 aliphatic rings. The molecule has 1 aromatic carbocycles. The summed E-state index contributed by atoms with van der Waals surface area (Å²) in [6.07, 6.45) is 0.620. The van der Waals surface area contributed by atoms with Gasteiger partial charge in [-0.1, -0.05) is 6.07 Å². The fraction of sp³-hybridized carbons (Fsp3) is 0.562. The van der Waals surface area contributed by atoms with Gasteiger partial charge in [-0.2, -0.15) is 24.9 Å². The molecule has 2 atom stereocenters. The molecule has 0 heterocycles. The lowest BCUT2D eigenvalue weighted by Crippen LogP contribution is -2.42. The number of hydrogen-bond acceptors (Lipinski definition) is 2. The minimum Gasteiger partial charge on any atom is -0.354 e. The Labute approximate surface area is 166 Å². The van der Waals surface area contributed by atoms with Crippen LogP contribution in [0.1, 0.15) is 30.4 Å². The fourth-order valence-electron chi connectivity index (χ4n) is 2.82. The standard InChI is InChI=1S/C16H21F4N3S.HI/c1-21-15(23-12-5-6-13(8-12)24-2)22-9-10-3-4-11(17)7-14(10)16(18,19)20;/h3-4,7,12-13H,5-6,8-9H2,1-2H3,(H2,21,22,23);1H. The van der Waals surface area contributed by atoms with Gasteiger partial charge in [-0.25, -0.2) is 4.39 Å². The normalized spacial score (nSPS) is 21.0. The molecule has 0 saturated heterocycles. The summed E-state index contributed by atoms with van der Waals surface area (Å²) in [4.78, 5) is 4.06. The number of alkyl halides is 3. The van der Waals surface area contributed by atoms with E-state index >= 15 is 0 Å². The second-order valence-electron chi connectivity index (χ2n) is 5.74. The highest BCUT2D eigenvalue weighted by molar-refractivity contribution is 14.0. The summed E-state index contributed by atoms with van der Waals surface area (Å²) < 4.78 is 52.1. The molecule has 9 heteroatoms. The van der Waals surface area contributed by atoms with E-state index in [4.69, 9.17) is 0 Å². The number of benzene rings is 1. The van der Waals surface area contributed by atoms with E-state index in [1.54, 1.807) is 7.05 Å². The zero-order valence-electron chi connectivity index (χ0n) is 14.0. The van der Waals surface area contributed by atoms with Crippen molar-refractivity contribution in [2.45, 2.75) is 43.3 Å². The summed E-state index contributed by atoms with van der Waals surface area (Å²) >= 11 is 1.83. The van der Waals surface area contributed by atoms with E-state index in [9.17, 15) is 17.6 Å². The Balaban J connectivity index is 0.00000312. The predicted molar refractivity (Wildman–Crippen MR) is 105 cm³/mol. The predicted octanol–water partition coefficient (Wildman–Crippen LogP) is 4.41. The molecule has 0 aromatic heterocycles. The van der Waals surface area contributed by atoms with E-state index in [-0.39, 0.29) is 42.1 Å². The fourth-order valence-corrected chi connectivity index (χ4v) is 3.62. The Morgan fingerprint density at radius 1 is 1.32 bits per heavy atom. The third-order valence-electron chi connectivity index (χ3n) is 4.11. The molecule has 1 saturated carbocycles. The second kappa shape index (κ2) is 9.84. The van der Waals surface area contributed by atoms with E-state index in [1.807, 2.05) is 11.8 Å². The van der Waals surface area contributed by atoms with Crippen LogP contribution in [0.3, 0.4) is 0 Å². The number of guanidine groups is 1. The topological polar surface area (TPSA) is 36.4 Å². The Bertz CT molecular complexity index is 595.